The molecule has 2 atom stereocenters. The van der Waals surface area contributed by atoms with Crippen LogP contribution in [0.1, 0.15) is 52.5 Å². The van der Waals surface area contributed by atoms with Crippen LogP contribution >= 0.6 is 0 Å². The summed E-state index contributed by atoms with van der Waals surface area (Å²) in [5, 5.41) is 0. The Morgan fingerprint density at radius 1 is 0.921 bits per heavy atom. The molecule has 2 aromatic carbocycles. The van der Waals surface area contributed by atoms with Crippen LogP contribution in [-0.2, 0) is 34.6 Å². The molecular formula is C30H40O6SSe. The third-order valence-electron chi connectivity index (χ3n) is 6.79. The van der Waals surface area contributed by atoms with Crippen LogP contribution in [0.4, 0.5) is 0 Å². The van der Waals surface area contributed by atoms with Crippen LogP contribution in [-0.4, -0.2) is 58.0 Å². The van der Waals surface area contributed by atoms with E-state index >= 15 is 0 Å². The molecule has 0 aliphatic carbocycles. The zero-order valence-corrected chi connectivity index (χ0v) is 26.2. The van der Waals surface area contributed by atoms with Crippen molar-refractivity contribution in [3.8, 4) is 0 Å². The maximum absolute atomic E-state index is 13.7. The average molecular weight is 608 g/mol. The van der Waals surface area contributed by atoms with Gasteiger partial charge in [-0.15, -0.1) is 0 Å². The number of carbonyl (C=O) groups excluding carboxylic acids is 2. The Kier molecular flexibility index (Phi) is 12.0. The summed E-state index contributed by atoms with van der Waals surface area (Å²) in [6, 6.07) is 17.6. The summed E-state index contributed by atoms with van der Waals surface area (Å²) in [6.45, 7) is 9.69. The van der Waals surface area contributed by atoms with E-state index in [1.54, 1.807) is 7.11 Å². The molecule has 0 aliphatic rings. The quantitative estimate of drug-likeness (QED) is 0.178. The number of aryl methyl sites for hydroxylation is 1. The van der Waals surface area contributed by atoms with Gasteiger partial charge in [0, 0.05) is 0 Å². The second kappa shape index (κ2) is 14.2. The summed E-state index contributed by atoms with van der Waals surface area (Å²) < 4.78 is 31.2. The molecule has 6 nitrogen and oxygen atoms in total. The molecule has 0 amide bonds. The van der Waals surface area contributed by atoms with Crippen LogP contribution in [0.15, 0.2) is 70.0 Å². The second-order valence-electron chi connectivity index (χ2n) is 10.0. The molecule has 0 bridgehead atoms. The molecule has 0 radical (unpaired) electrons. The Morgan fingerprint density at radius 2 is 1.47 bits per heavy atom. The van der Waals surface area contributed by atoms with E-state index in [-0.39, 0.29) is 32.6 Å². The number of allylic oxidation sites excluding steroid dienone is 2. The molecule has 0 saturated heterocycles. The molecule has 0 aromatic heterocycles. The maximum atomic E-state index is 13.7. The molecule has 8 heteroatoms. The van der Waals surface area contributed by atoms with Gasteiger partial charge in [-0.1, -0.05) is 0 Å². The predicted molar refractivity (Wildman–Crippen MR) is 153 cm³/mol. The van der Waals surface area contributed by atoms with Crippen LogP contribution in [0, 0.1) is 12.3 Å². The topological polar surface area (TPSA) is 78.9 Å². The van der Waals surface area contributed by atoms with Crippen molar-refractivity contribution in [2.45, 2.75) is 69.2 Å². The van der Waals surface area contributed by atoms with Gasteiger partial charge in [-0.05, 0) is 0 Å². The Morgan fingerprint density at radius 3 is 1.95 bits per heavy atom. The van der Waals surface area contributed by atoms with Crippen LogP contribution in [0.5, 0.6) is 0 Å². The molecule has 0 saturated carbocycles. The fraction of sp³-hybridized carbons (Fsp3) is 0.467. The molecule has 208 valence electrons. The summed E-state index contributed by atoms with van der Waals surface area (Å²) in [7, 11) is 2.65. The van der Waals surface area contributed by atoms with Gasteiger partial charge in [-0.3, -0.25) is 0 Å². The molecule has 38 heavy (non-hydrogen) atoms. The standard InChI is InChI=1S/C30H40O6SSe/c1-21(2)25(37(33)23-16-14-22(3)15-17-23)20-30(27(31)34-6,28(32)35-7)19-18-26(29(4,5)36-8)38-24-12-10-9-11-13-24/h9-17,26H,18-20H2,1-8H3. The van der Waals surface area contributed by atoms with Crippen LogP contribution in [0.2, 0.25) is 4.82 Å². The number of carbonyl (C=O) groups is 2. The molecule has 2 aromatic rings. The van der Waals surface area contributed by atoms with Gasteiger partial charge in [-0.25, -0.2) is 0 Å². The normalized spacial score (nSPS) is 13.4. The van der Waals surface area contributed by atoms with E-state index in [1.807, 2.05) is 77.1 Å². The molecule has 0 spiro atoms. The van der Waals surface area contributed by atoms with E-state index in [4.69, 9.17) is 14.2 Å². The molecular weight excluding hydrogens is 567 g/mol. The zero-order chi connectivity index (χ0) is 28.5. The Bertz CT molecular complexity index is 1120. The summed E-state index contributed by atoms with van der Waals surface area (Å²) in [4.78, 5) is 28.0. The first-order valence-corrected chi connectivity index (χ1v) is 15.5. The first-order chi connectivity index (χ1) is 17.9. The summed E-state index contributed by atoms with van der Waals surface area (Å²) in [5.74, 6) is -1.38. The van der Waals surface area contributed by atoms with Crippen molar-refractivity contribution in [1.29, 1.82) is 0 Å². The number of rotatable bonds is 13. The van der Waals surface area contributed by atoms with Crippen molar-refractivity contribution in [1.82, 2.24) is 0 Å². The minimum atomic E-state index is -1.65. The zero-order valence-electron chi connectivity index (χ0n) is 23.7. The van der Waals surface area contributed by atoms with Crippen LogP contribution < -0.4 is 4.46 Å². The van der Waals surface area contributed by atoms with Gasteiger partial charge in [0.15, 0.2) is 0 Å². The molecule has 2 unspecified atom stereocenters. The van der Waals surface area contributed by atoms with Crippen molar-refractivity contribution in [2.24, 2.45) is 5.41 Å². The van der Waals surface area contributed by atoms with E-state index < -0.39 is 33.8 Å². The van der Waals surface area contributed by atoms with Gasteiger partial charge >= 0.3 is 237 Å². The van der Waals surface area contributed by atoms with E-state index in [1.165, 1.54) is 18.7 Å². The third-order valence-corrected chi connectivity index (χ3v) is 11.9. The van der Waals surface area contributed by atoms with Gasteiger partial charge in [0.1, 0.15) is 0 Å². The molecule has 0 fully saturated rings. The third kappa shape index (κ3) is 7.89. The van der Waals surface area contributed by atoms with E-state index in [9.17, 15) is 13.8 Å². The summed E-state index contributed by atoms with van der Waals surface area (Å²) in [6.07, 6.45) is 0.612. The Labute approximate surface area is 236 Å². The van der Waals surface area contributed by atoms with Crippen molar-refractivity contribution in [3.05, 3.63) is 70.6 Å². The first kappa shape index (κ1) is 32.0. The first-order valence-electron chi connectivity index (χ1n) is 12.5. The fourth-order valence-corrected chi connectivity index (χ4v) is 8.19. The van der Waals surface area contributed by atoms with E-state index in [2.05, 4.69) is 12.1 Å². The number of esters is 2. The van der Waals surface area contributed by atoms with Gasteiger partial charge < -0.3 is 0 Å². The van der Waals surface area contributed by atoms with Gasteiger partial charge in [0.2, 0.25) is 0 Å². The number of benzene rings is 2. The monoisotopic (exact) mass is 608 g/mol. The molecule has 0 aliphatic heterocycles. The number of ether oxygens (including phenoxy) is 3. The number of hydrogen-bond acceptors (Lipinski definition) is 6. The summed E-state index contributed by atoms with van der Waals surface area (Å²) >= 11 is 0.00279. The predicted octanol–water partition coefficient (Wildman–Crippen LogP) is 5.14. The second-order valence-corrected chi connectivity index (χ2v) is 14.2. The van der Waals surface area contributed by atoms with Crippen molar-refractivity contribution < 1.29 is 28.0 Å². The summed E-state index contributed by atoms with van der Waals surface area (Å²) in [5.41, 5.74) is -0.318. The molecule has 0 N–H and O–H groups in total. The number of methoxy groups -OCH3 is 3. The van der Waals surface area contributed by atoms with Crippen molar-refractivity contribution in [2.75, 3.05) is 21.3 Å². The van der Waals surface area contributed by atoms with Gasteiger partial charge in [0.25, 0.3) is 0 Å². The molecule has 0 heterocycles. The fourth-order valence-electron chi connectivity index (χ4n) is 4.14. The van der Waals surface area contributed by atoms with Crippen molar-refractivity contribution >= 4 is 42.2 Å². The minimum absolute atomic E-state index is 0.00279. The number of hydrogen-bond donors (Lipinski definition) is 0. The SMILES string of the molecule is COC(=O)C(CCC([Se]c1ccccc1)C(C)(C)OC)(CC(=C(C)C)S(=O)c1ccc(C)cc1)C(=O)OC. The molecule has 2 rings (SSSR count). The Balaban J connectivity index is 2.52. The average Bonchev–Trinajstić information content (AvgIpc) is 2.92. The van der Waals surface area contributed by atoms with E-state index in [0.717, 1.165) is 11.1 Å². The van der Waals surface area contributed by atoms with Crippen LogP contribution in [0.25, 0.3) is 0 Å². The van der Waals surface area contributed by atoms with Crippen molar-refractivity contribution in [3.63, 3.8) is 0 Å². The van der Waals surface area contributed by atoms with Crippen LogP contribution in [0.3, 0.4) is 0 Å². The van der Waals surface area contributed by atoms with E-state index in [0.29, 0.717) is 16.2 Å². The van der Waals surface area contributed by atoms with Gasteiger partial charge in [-0.2, -0.15) is 0 Å². The Hall–Kier alpha value is -2.25. The van der Waals surface area contributed by atoms with Gasteiger partial charge in [0.05, 0.1) is 0 Å².